The monoisotopic (exact) mass is 184 g/mol. The first-order valence-corrected chi connectivity index (χ1v) is 3.86. The quantitative estimate of drug-likeness (QED) is 0.534. The predicted molar refractivity (Wildman–Crippen MR) is 50.7 cm³/mol. The summed E-state index contributed by atoms with van der Waals surface area (Å²) in [4.78, 5) is 4.36. The van der Waals surface area contributed by atoms with Gasteiger partial charge in [0.2, 0.25) is 0 Å². The predicted octanol–water partition coefficient (Wildman–Crippen LogP) is 1.85. The van der Waals surface area contributed by atoms with Crippen molar-refractivity contribution < 1.29 is 4.39 Å². The third-order valence-corrected chi connectivity index (χ3v) is 1.78. The number of aryl methyl sites for hydroxylation is 1. The fourth-order valence-corrected chi connectivity index (χ4v) is 1.04. The summed E-state index contributed by atoms with van der Waals surface area (Å²) in [6.07, 6.45) is 0. The van der Waals surface area contributed by atoms with Gasteiger partial charge in [0.05, 0.1) is 5.69 Å². The SMILES string of the molecule is CC(=S)c1cc(F)c(C)nc1N. The highest BCUT2D eigenvalue weighted by Gasteiger charge is 2.07. The first kappa shape index (κ1) is 9.06. The molecule has 0 radical (unpaired) electrons. The van der Waals surface area contributed by atoms with E-state index in [0.29, 0.717) is 21.9 Å². The smallest absolute Gasteiger partial charge is 0.145 e. The van der Waals surface area contributed by atoms with E-state index in [1.54, 1.807) is 13.8 Å². The van der Waals surface area contributed by atoms with Crippen LogP contribution in [0.15, 0.2) is 6.07 Å². The van der Waals surface area contributed by atoms with Crippen LogP contribution in [0.25, 0.3) is 0 Å². The number of hydrogen-bond acceptors (Lipinski definition) is 3. The normalized spacial score (nSPS) is 9.92. The van der Waals surface area contributed by atoms with Gasteiger partial charge in [-0.15, -0.1) is 0 Å². The number of nitrogen functional groups attached to an aromatic ring is 1. The molecule has 0 unspecified atom stereocenters. The Labute approximate surface area is 75.6 Å². The minimum absolute atomic E-state index is 0.293. The molecule has 1 aromatic heterocycles. The van der Waals surface area contributed by atoms with Gasteiger partial charge in [0.15, 0.2) is 0 Å². The fraction of sp³-hybridized carbons (Fsp3) is 0.250. The summed E-state index contributed by atoms with van der Waals surface area (Å²) in [7, 11) is 0. The molecule has 2 nitrogen and oxygen atoms in total. The van der Waals surface area contributed by atoms with Gasteiger partial charge >= 0.3 is 0 Å². The minimum atomic E-state index is -0.372. The van der Waals surface area contributed by atoms with E-state index in [4.69, 9.17) is 18.0 Å². The summed E-state index contributed by atoms with van der Waals surface area (Å²) in [5, 5.41) is 0. The lowest BCUT2D eigenvalue weighted by Crippen LogP contribution is -2.04. The molecule has 0 saturated carbocycles. The molecule has 0 atom stereocenters. The average Bonchev–Trinajstić information content (AvgIpc) is 1.96. The lowest BCUT2D eigenvalue weighted by atomic mass is 10.2. The molecule has 0 saturated heterocycles. The van der Waals surface area contributed by atoms with Crippen LogP contribution in [0.1, 0.15) is 18.2 Å². The van der Waals surface area contributed by atoms with Crippen molar-refractivity contribution in [3.63, 3.8) is 0 Å². The van der Waals surface area contributed by atoms with E-state index < -0.39 is 0 Å². The molecule has 2 N–H and O–H groups in total. The van der Waals surface area contributed by atoms with E-state index in [2.05, 4.69) is 4.98 Å². The number of aromatic nitrogens is 1. The van der Waals surface area contributed by atoms with Crippen LogP contribution in [0, 0.1) is 12.7 Å². The zero-order valence-electron chi connectivity index (χ0n) is 6.89. The van der Waals surface area contributed by atoms with Crippen molar-refractivity contribution in [2.24, 2.45) is 0 Å². The Morgan fingerprint density at radius 3 is 2.75 bits per heavy atom. The second-order valence-corrected chi connectivity index (χ2v) is 3.16. The molecule has 1 heterocycles. The molecule has 12 heavy (non-hydrogen) atoms. The van der Waals surface area contributed by atoms with E-state index in [9.17, 15) is 4.39 Å². The van der Waals surface area contributed by atoms with Crippen molar-refractivity contribution in [3.8, 4) is 0 Å². The highest BCUT2D eigenvalue weighted by Crippen LogP contribution is 2.14. The third-order valence-electron chi connectivity index (χ3n) is 1.56. The van der Waals surface area contributed by atoms with Gasteiger partial charge in [-0.3, -0.25) is 0 Å². The summed E-state index contributed by atoms with van der Waals surface area (Å²) in [6, 6.07) is 1.32. The molecule has 1 rings (SSSR count). The van der Waals surface area contributed by atoms with Gasteiger partial charge in [0, 0.05) is 10.4 Å². The largest absolute Gasteiger partial charge is 0.383 e. The summed E-state index contributed by atoms with van der Waals surface area (Å²) < 4.78 is 12.9. The van der Waals surface area contributed by atoms with Crippen molar-refractivity contribution in [1.29, 1.82) is 0 Å². The van der Waals surface area contributed by atoms with E-state index in [1.165, 1.54) is 6.07 Å². The Morgan fingerprint density at radius 1 is 1.67 bits per heavy atom. The number of anilines is 1. The lowest BCUT2D eigenvalue weighted by molar-refractivity contribution is 0.610. The van der Waals surface area contributed by atoms with Crippen LogP contribution in [0.3, 0.4) is 0 Å². The molecule has 0 aliphatic carbocycles. The highest BCUT2D eigenvalue weighted by molar-refractivity contribution is 7.80. The summed E-state index contributed by atoms with van der Waals surface area (Å²) in [5.41, 5.74) is 6.33. The van der Waals surface area contributed by atoms with Crippen LogP contribution in [0.2, 0.25) is 0 Å². The maximum atomic E-state index is 12.9. The number of halogens is 1. The molecule has 0 fully saturated rings. The first-order chi connectivity index (χ1) is 5.52. The number of rotatable bonds is 1. The van der Waals surface area contributed by atoms with E-state index in [1.807, 2.05) is 0 Å². The second kappa shape index (κ2) is 3.15. The van der Waals surface area contributed by atoms with Crippen LogP contribution < -0.4 is 5.73 Å². The molecule has 0 amide bonds. The summed E-state index contributed by atoms with van der Waals surface area (Å²) in [6.45, 7) is 3.26. The van der Waals surface area contributed by atoms with Gasteiger partial charge in [-0.25, -0.2) is 9.37 Å². The number of nitrogens with zero attached hydrogens (tertiary/aromatic N) is 1. The Bertz CT molecular complexity index is 336. The van der Waals surface area contributed by atoms with Crippen LogP contribution in [-0.2, 0) is 0 Å². The number of pyridine rings is 1. The van der Waals surface area contributed by atoms with Gasteiger partial charge in [-0.2, -0.15) is 0 Å². The maximum Gasteiger partial charge on any atom is 0.145 e. The van der Waals surface area contributed by atoms with Crippen LogP contribution in [0.5, 0.6) is 0 Å². The van der Waals surface area contributed by atoms with Crippen molar-refractivity contribution in [2.75, 3.05) is 5.73 Å². The van der Waals surface area contributed by atoms with Gasteiger partial charge in [0.25, 0.3) is 0 Å². The van der Waals surface area contributed by atoms with Crippen molar-refractivity contribution in [2.45, 2.75) is 13.8 Å². The van der Waals surface area contributed by atoms with Gasteiger partial charge in [-0.05, 0) is 19.9 Å². The number of thiocarbonyl (C=S) groups is 1. The fourth-order valence-electron chi connectivity index (χ4n) is 0.881. The summed E-state index contributed by atoms with van der Waals surface area (Å²) in [5.74, 6) is -0.0789. The molecule has 0 aliphatic rings. The second-order valence-electron chi connectivity index (χ2n) is 2.54. The highest BCUT2D eigenvalue weighted by atomic mass is 32.1. The van der Waals surface area contributed by atoms with Crippen molar-refractivity contribution in [1.82, 2.24) is 4.98 Å². The molecule has 64 valence electrons. The Morgan fingerprint density at radius 2 is 2.25 bits per heavy atom. The average molecular weight is 184 g/mol. The zero-order valence-corrected chi connectivity index (χ0v) is 7.70. The lowest BCUT2D eigenvalue weighted by Gasteiger charge is -2.04. The standard InChI is InChI=1S/C8H9FN2S/c1-4-7(9)3-6(5(2)12)8(10)11-4/h3H,1-2H3,(H2,10,11). The van der Waals surface area contributed by atoms with Crippen LogP contribution in [-0.4, -0.2) is 9.85 Å². The minimum Gasteiger partial charge on any atom is -0.383 e. The van der Waals surface area contributed by atoms with Crippen LogP contribution >= 0.6 is 12.2 Å². The number of nitrogens with two attached hydrogens (primary N) is 1. The first-order valence-electron chi connectivity index (χ1n) is 3.46. The zero-order chi connectivity index (χ0) is 9.30. The van der Waals surface area contributed by atoms with E-state index in [-0.39, 0.29) is 5.82 Å². The molecule has 1 aromatic rings. The van der Waals surface area contributed by atoms with Gasteiger partial charge in [0.1, 0.15) is 11.6 Å². The molecular weight excluding hydrogens is 175 g/mol. The van der Waals surface area contributed by atoms with Crippen molar-refractivity contribution >= 4 is 22.9 Å². The van der Waals surface area contributed by atoms with Gasteiger partial charge < -0.3 is 5.73 Å². The van der Waals surface area contributed by atoms with Crippen molar-refractivity contribution in [3.05, 3.63) is 23.1 Å². The number of hydrogen-bond donors (Lipinski definition) is 1. The molecule has 0 aromatic carbocycles. The Hall–Kier alpha value is -1.03. The molecule has 0 spiro atoms. The van der Waals surface area contributed by atoms with Crippen LogP contribution in [0.4, 0.5) is 10.2 Å². The maximum absolute atomic E-state index is 12.9. The molecular formula is C8H9FN2S. The van der Waals surface area contributed by atoms with E-state index in [0.717, 1.165) is 0 Å². The van der Waals surface area contributed by atoms with E-state index >= 15 is 0 Å². The Balaban J connectivity index is 3.33. The molecule has 0 bridgehead atoms. The Kier molecular flexibility index (Phi) is 2.38. The van der Waals surface area contributed by atoms with Gasteiger partial charge in [-0.1, -0.05) is 12.2 Å². The molecule has 0 aliphatic heterocycles. The molecule has 4 heteroatoms. The topological polar surface area (TPSA) is 38.9 Å². The third kappa shape index (κ3) is 1.58. The summed E-state index contributed by atoms with van der Waals surface area (Å²) >= 11 is 4.87.